The van der Waals surface area contributed by atoms with Crippen LogP contribution in [-0.2, 0) is 6.54 Å². The first kappa shape index (κ1) is 12.2. The summed E-state index contributed by atoms with van der Waals surface area (Å²) in [4.78, 5) is 4.04. The maximum Gasteiger partial charge on any atom is 0.141 e. The molecule has 0 atom stereocenters. The molecule has 0 saturated carbocycles. The van der Waals surface area contributed by atoms with E-state index in [4.69, 9.17) is 10.6 Å². The summed E-state index contributed by atoms with van der Waals surface area (Å²) < 4.78 is 5.11. The van der Waals surface area contributed by atoms with Gasteiger partial charge in [0.15, 0.2) is 0 Å². The minimum atomic E-state index is 0.634. The predicted octanol–water partition coefficient (Wildman–Crippen LogP) is 1.99. The Balaban J connectivity index is 1.97. The Morgan fingerprint density at radius 1 is 1.22 bits per heavy atom. The van der Waals surface area contributed by atoms with Crippen LogP contribution in [-0.4, -0.2) is 12.1 Å². The van der Waals surface area contributed by atoms with Crippen molar-refractivity contribution in [3.8, 4) is 5.75 Å². The van der Waals surface area contributed by atoms with E-state index in [-0.39, 0.29) is 0 Å². The molecular formula is C13H16N4O. The summed E-state index contributed by atoms with van der Waals surface area (Å²) >= 11 is 0. The van der Waals surface area contributed by atoms with Gasteiger partial charge in [-0.15, -0.1) is 0 Å². The number of nitrogens with two attached hydrogens (primary N) is 1. The van der Waals surface area contributed by atoms with Crippen LogP contribution < -0.4 is 21.3 Å². The van der Waals surface area contributed by atoms with Gasteiger partial charge in [0.1, 0.15) is 11.6 Å². The Labute approximate surface area is 106 Å². The van der Waals surface area contributed by atoms with Crippen LogP contribution in [0.15, 0.2) is 42.6 Å². The number of anilines is 2. The van der Waals surface area contributed by atoms with Gasteiger partial charge in [-0.3, -0.25) is 0 Å². The van der Waals surface area contributed by atoms with Gasteiger partial charge in [-0.05, 0) is 23.8 Å². The van der Waals surface area contributed by atoms with Crippen molar-refractivity contribution in [3.63, 3.8) is 0 Å². The van der Waals surface area contributed by atoms with E-state index in [9.17, 15) is 0 Å². The zero-order valence-electron chi connectivity index (χ0n) is 10.2. The molecule has 0 amide bonds. The third-order valence-electron chi connectivity index (χ3n) is 2.56. The molecule has 0 spiro atoms. The van der Waals surface area contributed by atoms with Gasteiger partial charge in [0, 0.05) is 24.5 Å². The van der Waals surface area contributed by atoms with Crippen molar-refractivity contribution >= 4 is 11.5 Å². The fourth-order valence-electron chi connectivity index (χ4n) is 1.57. The Morgan fingerprint density at radius 3 is 2.67 bits per heavy atom. The molecule has 1 aromatic heterocycles. The van der Waals surface area contributed by atoms with Crippen molar-refractivity contribution in [3.05, 3.63) is 48.2 Å². The van der Waals surface area contributed by atoms with Gasteiger partial charge in [0.2, 0.25) is 0 Å². The number of benzene rings is 1. The molecule has 0 aliphatic heterocycles. The first-order valence-corrected chi connectivity index (χ1v) is 5.61. The number of ether oxygens (including phenoxy) is 1. The average Bonchev–Trinajstić information content (AvgIpc) is 2.46. The number of nitrogens with zero attached hydrogens (tertiary/aromatic N) is 1. The summed E-state index contributed by atoms with van der Waals surface area (Å²) in [7, 11) is 1.66. The number of pyridine rings is 1. The molecule has 0 bridgehead atoms. The molecule has 5 heteroatoms. The molecular weight excluding hydrogens is 228 g/mol. The van der Waals surface area contributed by atoms with E-state index in [1.54, 1.807) is 13.3 Å². The van der Waals surface area contributed by atoms with Crippen LogP contribution in [0.1, 0.15) is 5.56 Å². The first-order valence-electron chi connectivity index (χ1n) is 5.61. The van der Waals surface area contributed by atoms with Crippen molar-refractivity contribution in [2.75, 3.05) is 17.9 Å². The van der Waals surface area contributed by atoms with Crippen molar-refractivity contribution in [1.29, 1.82) is 0 Å². The van der Waals surface area contributed by atoms with E-state index in [0.717, 1.165) is 18.0 Å². The van der Waals surface area contributed by atoms with E-state index in [1.807, 2.05) is 36.4 Å². The minimum Gasteiger partial charge on any atom is -0.497 e. The lowest BCUT2D eigenvalue weighted by atomic mass is 10.2. The number of hydrogen-bond acceptors (Lipinski definition) is 5. The highest BCUT2D eigenvalue weighted by atomic mass is 16.5. The Hall–Kier alpha value is -2.27. The minimum absolute atomic E-state index is 0.634. The largest absolute Gasteiger partial charge is 0.497 e. The zero-order chi connectivity index (χ0) is 12.8. The van der Waals surface area contributed by atoms with Gasteiger partial charge in [0.05, 0.1) is 7.11 Å². The van der Waals surface area contributed by atoms with Gasteiger partial charge in [-0.1, -0.05) is 12.1 Å². The van der Waals surface area contributed by atoms with Crippen molar-refractivity contribution in [1.82, 2.24) is 4.98 Å². The van der Waals surface area contributed by atoms with E-state index in [2.05, 4.69) is 15.7 Å². The summed E-state index contributed by atoms with van der Waals surface area (Å²) in [6.07, 6.45) is 1.70. The summed E-state index contributed by atoms with van der Waals surface area (Å²) in [5, 5.41) is 3.30. The second kappa shape index (κ2) is 5.88. The number of hydrazine groups is 1. The lowest BCUT2D eigenvalue weighted by Crippen LogP contribution is -2.09. The van der Waals surface area contributed by atoms with Crippen molar-refractivity contribution in [2.24, 2.45) is 5.84 Å². The van der Waals surface area contributed by atoms with Gasteiger partial charge in [-0.25, -0.2) is 10.8 Å². The fourth-order valence-corrected chi connectivity index (χ4v) is 1.57. The van der Waals surface area contributed by atoms with Gasteiger partial charge >= 0.3 is 0 Å². The number of nitrogens with one attached hydrogen (secondary N) is 2. The topological polar surface area (TPSA) is 72.2 Å². The molecule has 0 aliphatic carbocycles. The smallest absolute Gasteiger partial charge is 0.141 e. The molecule has 5 nitrogen and oxygen atoms in total. The highest BCUT2D eigenvalue weighted by Crippen LogP contribution is 2.14. The maximum atomic E-state index is 5.30. The number of aromatic nitrogens is 1. The summed E-state index contributed by atoms with van der Waals surface area (Å²) in [5.74, 6) is 6.80. The highest BCUT2D eigenvalue weighted by molar-refractivity contribution is 5.51. The highest BCUT2D eigenvalue weighted by Gasteiger charge is 1.97. The van der Waals surface area contributed by atoms with Crippen molar-refractivity contribution < 1.29 is 4.74 Å². The maximum absolute atomic E-state index is 5.30. The van der Waals surface area contributed by atoms with E-state index in [1.165, 1.54) is 5.56 Å². The van der Waals surface area contributed by atoms with Crippen LogP contribution in [0, 0.1) is 0 Å². The van der Waals surface area contributed by atoms with E-state index >= 15 is 0 Å². The molecule has 0 unspecified atom stereocenters. The van der Waals surface area contributed by atoms with Crippen LogP contribution >= 0.6 is 0 Å². The quantitative estimate of drug-likeness (QED) is 0.554. The molecule has 0 saturated heterocycles. The van der Waals surface area contributed by atoms with Gasteiger partial charge < -0.3 is 15.5 Å². The monoisotopic (exact) mass is 244 g/mol. The fraction of sp³-hybridized carbons (Fsp3) is 0.154. The zero-order valence-corrected chi connectivity index (χ0v) is 10.2. The van der Waals surface area contributed by atoms with Crippen LogP contribution in [0.3, 0.4) is 0 Å². The summed E-state index contributed by atoms with van der Waals surface area (Å²) in [5.41, 5.74) is 4.66. The summed E-state index contributed by atoms with van der Waals surface area (Å²) in [6, 6.07) is 11.7. The van der Waals surface area contributed by atoms with Crippen LogP contribution in [0.5, 0.6) is 5.75 Å². The second-order valence-corrected chi connectivity index (χ2v) is 3.78. The van der Waals surface area contributed by atoms with Crippen LogP contribution in [0.25, 0.3) is 0 Å². The number of methoxy groups -OCH3 is 1. The van der Waals surface area contributed by atoms with Crippen LogP contribution in [0.2, 0.25) is 0 Å². The number of nitrogen functional groups attached to an aromatic ring is 1. The molecule has 2 rings (SSSR count). The number of hydrogen-bond donors (Lipinski definition) is 3. The molecule has 4 N–H and O–H groups in total. The SMILES string of the molecule is COc1ccc(CNc2ccnc(NN)c2)cc1. The molecule has 0 fully saturated rings. The Morgan fingerprint density at radius 2 is 2.00 bits per heavy atom. The standard InChI is InChI=1S/C13H16N4O/c1-18-12-4-2-10(3-5-12)9-16-11-6-7-15-13(8-11)17-14/h2-8H,9,14H2,1H3,(H2,15,16,17). The molecule has 18 heavy (non-hydrogen) atoms. The Bertz CT molecular complexity index is 499. The molecule has 1 aromatic carbocycles. The van der Waals surface area contributed by atoms with Gasteiger partial charge in [0.25, 0.3) is 0 Å². The molecule has 1 heterocycles. The third kappa shape index (κ3) is 3.11. The molecule has 94 valence electrons. The Kier molecular flexibility index (Phi) is 3.98. The second-order valence-electron chi connectivity index (χ2n) is 3.78. The normalized spacial score (nSPS) is 9.89. The van der Waals surface area contributed by atoms with Crippen molar-refractivity contribution in [2.45, 2.75) is 6.54 Å². The van der Waals surface area contributed by atoms with E-state index < -0.39 is 0 Å². The number of rotatable bonds is 5. The lowest BCUT2D eigenvalue weighted by Gasteiger charge is -2.08. The van der Waals surface area contributed by atoms with Gasteiger partial charge in [-0.2, -0.15) is 0 Å². The molecule has 0 aliphatic rings. The third-order valence-corrected chi connectivity index (χ3v) is 2.56. The average molecular weight is 244 g/mol. The summed E-state index contributed by atoms with van der Waals surface area (Å²) in [6.45, 7) is 0.734. The lowest BCUT2D eigenvalue weighted by molar-refractivity contribution is 0.414. The molecule has 0 radical (unpaired) electrons. The van der Waals surface area contributed by atoms with Crippen LogP contribution in [0.4, 0.5) is 11.5 Å². The molecule has 2 aromatic rings. The first-order chi connectivity index (χ1) is 8.81. The van der Waals surface area contributed by atoms with E-state index in [0.29, 0.717) is 5.82 Å². The predicted molar refractivity (Wildman–Crippen MR) is 72.4 cm³/mol.